The first-order valence-corrected chi connectivity index (χ1v) is 8.20. The number of thiophene rings is 1. The highest BCUT2D eigenvalue weighted by molar-refractivity contribution is 7.98. The van der Waals surface area contributed by atoms with Crippen molar-refractivity contribution in [1.29, 1.82) is 0 Å². The minimum absolute atomic E-state index is 0.112. The normalized spacial score (nSPS) is 13.9. The Morgan fingerprint density at radius 2 is 2.37 bits per heavy atom. The van der Waals surface area contributed by atoms with Crippen LogP contribution in [0.5, 0.6) is 0 Å². The van der Waals surface area contributed by atoms with Gasteiger partial charge in [0.2, 0.25) is 0 Å². The van der Waals surface area contributed by atoms with Crippen LogP contribution in [-0.4, -0.2) is 16.6 Å². The quantitative estimate of drug-likeness (QED) is 0.857. The third-order valence-electron chi connectivity index (χ3n) is 2.86. The maximum atomic E-state index is 12.2. The number of nitrogens with one attached hydrogen (secondary N) is 1. The predicted molar refractivity (Wildman–Crippen MR) is 81.4 cm³/mol. The number of amides is 1. The highest BCUT2D eigenvalue weighted by Crippen LogP contribution is 2.32. The van der Waals surface area contributed by atoms with E-state index in [4.69, 9.17) is 11.6 Å². The van der Waals surface area contributed by atoms with Crippen LogP contribution in [0.4, 0.5) is 5.69 Å². The van der Waals surface area contributed by atoms with Crippen molar-refractivity contribution in [3.8, 4) is 0 Å². The molecule has 1 aliphatic heterocycles. The molecule has 1 amide bonds. The molecule has 0 atom stereocenters. The first kappa shape index (κ1) is 13.0. The first-order valence-electron chi connectivity index (χ1n) is 5.85. The van der Waals surface area contributed by atoms with E-state index in [-0.39, 0.29) is 5.91 Å². The van der Waals surface area contributed by atoms with E-state index in [9.17, 15) is 4.79 Å². The van der Waals surface area contributed by atoms with E-state index in [0.717, 1.165) is 22.8 Å². The van der Waals surface area contributed by atoms with Crippen LogP contribution in [0, 0.1) is 0 Å². The zero-order valence-corrected chi connectivity index (χ0v) is 12.4. The first-order chi connectivity index (χ1) is 9.24. The molecule has 0 aliphatic carbocycles. The van der Waals surface area contributed by atoms with Gasteiger partial charge in [-0.05, 0) is 35.9 Å². The van der Waals surface area contributed by atoms with E-state index >= 15 is 0 Å². The molecule has 98 valence electrons. The molecule has 0 spiro atoms. The number of carbonyl (C=O) groups is 1. The Morgan fingerprint density at radius 1 is 1.47 bits per heavy atom. The molecule has 2 aromatic heterocycles. The average Bonchev–Trinajstić information content (AvgIpc) is 2.85. The van der Waals surface area contributed by atoms with Gasteiger partial charge in [-0.1, -0.05) is 11.6 Å². The predicted octanol–water partition coefficient (Wildman–Crippen LogP) is 3.84. The SMILES string of the molecule is O=C(Nc1cccnc1Cl)c1cc2c(s1)CCSC2. The molecule has 3 heterocycles. The van der Waals surface area contributed by atoms with Gasteiger partial charge in [0.05, 0.1) is 10.6 Å². The highest BCUT2D eigenvalue weighted by atomic mass is 35.5. The minimum atomic E-state index is -0.112. The largest absolute Gasteiger partial charge is 0.319 e. The molecule has 0 fully saturated rings. The van der Waals surface area contributed by atoms with E-state index in [2.05, 4.69) is 10.3 Å². The van der Waals surface area contributed by atoms with Crippen molar-refractivity contribution < 1.29 is 4.79 Å². The number of hydrogen-bond donors (Lipinski definition) is 1. The summed E-state index contributed by atoms with van der Waals surface area (Å²) >= 11 is 9.42. The Labute approximate surface area is 124 Å². The molecule has 0 radical (unpaired) electrons. The second kappa shape index (κ2) is 5.53. The average molecular weight is 311 g/mol. The molecule has 0 saturated heterocycles. The van der Waals surface area contributed by atoms with E-state index in [1.54, 1.807) is 29.7 Å². The molecule has 0 bridgehead atoms. The van der Waals surface area contributed by atoms with Crippen molar-refractivity contribution in [2.24, 2.45) is 0 Å². The summed E-state index contributed by atoms with van der Waals surface area (Å²) in [5.74, 6) is 2.04. The van der Waals surface area contributed by atoms with Crippen LogP contribution < -0.4 is 5.32 Å². The van der Waals surface area contributed by atoms with Gasteiger partial charge in [0.1, 0.15) is 0 Å². The van der Waals surface area contributed by atoms with Gasteiger partial charge in [-0.2, -0.15) is 11.8 Å². The number of hydrogen-bond acceptors (Lipinski definition) is 4. The van der Waals surface area contributed by atoms with Crippen molar-refractivity contribution in [1.82, 2.24) is 4.98 Å². The number of halogens is 1. The van der Waals surface area contributed by atoms with Crippen LogP contribution in [0.25, 0.3) is 0 Å². The third-order valence-corrected chi connectivity index (χ3v) is 5.40. The van der Waals surface area contributed by atoms with E-state index in [0.29, 0.717) is 10.8 Å². The number of fused-ring (bicyclic) bond motifs is 1. The lowest BCUT2D eigenvalue weighted by Gasteiger charge is -2.08. The number of rotatable bonds is 2. The van der Waals surface area contributed by atoms with Gasteiger partial charge in [-0.3, -0.25) is 4.79 Å². The standard InChI is InChI=1S/C13H11ClN2OS2/c14-12-9(2-1-4-15-12)16-13(17)11-6-8-7-18-5-3-10(8)19-11/h1-2,4,6H,3,5,7H2,(H,16,17). The molecular formula is C13H11ClN2OS2. The number of aryl methyl sites for hydroxylation is 1. The lowest BCUT2D eigenvalue weighted by Crippen LogP contribution is -2.10. The Kier molecular flexibility index (Phi) is 3.77. The lowest BCUT2D eigenvalue weighted by atomic mass is 10.2. The molecule has 0 unspecified atom stereocenters. The van der Waals surface area contributed by atoms with Crippen LogP contribution in [0.2, 0.25) is 5.15 Å². The highest BCUT2D eigenvalue weighted by Gasteiger charge is 2.18. The van der Waals surface area contributed by atoms with Gasteiger partial charge in [-0.15, -0.1) is 11.3 Å². The van der Waals surface area contributed by atoms with Crippen molar-refractivity contribution >= 4 is 46.3 Å². The summed E-state index contributed by atoms with van der Waals surface area (Å²) in [6, 6.07) is 5.49. The van der Waals surface area contributed by atoms with Crippen LogP contribution in [0.15, 0.2) is 24.4 Å². The molecule has 6 heteroatoms. The lowest BCUT2D eigenvalue weighted by molar-refractivity contribution is 0.103. The summed E-state index contributed by atoms with van der Waals surface area (Å²) in [5, 5.41) is 3.12. The van der Waals surface area contributed by atoms with Crippen LogP contribution >= 0.6 is 34.7 Å². The smallest absolute Gasteiger partial charge is 0.265 e. The molecular weight excluding hydrogens is 300 g/mol. The third kappa shape index (κ3) is 2.78. The van der Waals surface area contributed by atoms with Gasteiger partial charge >= 0.3 is 0 Å². The van der Waals surface area contributed by atoms with Gasteiger partial charge in [-0.25, -0.2) is 4.98 Å². The molecule has 2 aromatic rings. The maximum absolute atomic E-state index is 12.2. The number of anilines is 1. The number of pyridine rings is 1. The summed E-state index contributed by atoms with van der Waals surface area (Å²) in [6.07, 6.45) is 2.66. The maximum Gasteiger partial charge on any atom is 0.265 e. The Morgan fingerprint density at radius 3 is 3.16 bits per heavy atom. The van der Waals surface area contributed by atoms with Crippen LogP contribution in [0.3, 0.4) is 0 Å². The van der Waals surface area contributed by atoms with E-state index in [1.165, 1.54) is 10.4 Å². The van der Waals surface area contributed by atoms with Gasteiger partial charge in [0.25, 0.3) is 5.91 Å². The molecule has 0 aromatic carbocycles. The fourth-order valence-electron chi connectivity index (χ4n) is 1.92. The van der Waals surface area contributed by atoms with Gasteiger partial charge < -0.3 is 5.32 Å². The van der Waals surface area contributed by atoms with Crippen molar-refractivity contribution in [2.45, 2.75) is 12.2 Å². The molecule has 1 aliphatic rings. The minimum Gasteiger partial charge on any atom is -0.319 e. The monoisotopic (exact) mass is 310 g/mol. The number of aromatic nitrogens is 1. The zero-order chi connectivity index (χ0) is 13.2. The summed E-state index contributed by atoms with van der Waals surface area (Å²) in [5.41, 5.74) is 1.85. The number of thioether (sulfide) groups is 1. The summed E-state index contributed by atoms with van der Waals surface area (Å²) in [6.45, 7) is 0. The zero-order valence-electron chi connectivity index (χ0n) is 9.98. The summed E-state index contributed by atoms with van der Waals surface area (Å²) < 4.78 is 0. The molecule has 3 rings (SSSR count). The molecule has 19 heavy (non-hydrogen) atoms. The molecule has 3 nitrogen and oxygen atoms in total. The topological polar surface area (TPSA) is 42.0 Å². The van der Waals surface area contributed by atoms with E-state index in [1.807, 2.05) is 17.8 Å². The second-order valence-electron chi connectivity index (χ2n) is 4.16. The molecule has 0 saturated carbocycles. The van der Waals surface area contributed by atoms with Crippen LogP contribution in [-0.2, 0) is 12.2 Å². The number of carbonyl (C=O) groups excluding carboxylic acids is 1. The van der Waals surface area contributed by atoms with Crippen LogP contribution in [0.1, 0.15) is 20.1 Å². The fourth-order valence-corrected chi connectivity index (χ4v) is 4.36. The second-order valence-corrected chi connectivity index (χ2v) is 6.76. The van der Waals surface area contributed by atoms with Crippen molar-refractivity contribution in [3.63, 3.8) is 0 Å². The van der Waals surface area contributed by atoms with Crippen molar-refractivity contribution in [3.05, 3.63) is 44.9 Å². The van der Waals surface area contributed by atoms with E-state index < -0.39 is 0 Å². The van der Waals surface area contributed by atoms with Gasteiger partial charge in [0, 0.05) is 16.8 Å². The number of nitrogens with zero attached hydrogens (tertiary/aromatic N) is 1. The summed E-state index contributed by atoms with van der Waals surface area (Å²) in [7, 11) is 0. The van der Waals surface area contributed by atoms with Gasteiger partial charge in [0.15, 0.2) is 5.15 Å². The summed E-state index contributed by atoms with van der Waals surface area (Å²) in [4.78, 5) is 18.2. The Balaban J connectivity index is 1.81. The van der Waals surface area contributed by atoms with Crippen molar-refractivity contribution in [2.75, 3.05) is 11.1 Å². The fraction of sp³-hybridized carbons (Fsp3) is 0.231. The Hall–Kier alpha value is -1.04. The molecule has 1 N–H and O–H groups in total. The Bertz CT molecular complexity index is 603.